The van der Waals surface area contributed by atoms with Gasteiger partial charge in [0.1, 0.15) is 5.92 Å². The molecule has 0 aromatic rings. The average molecular weight is 193 g/mol. The van der Waals surface area contributed by atoms with Gasteiger partial charge in [0.2, 0.25) is 0 Å². The molecular formula is C10H11NO3. The van der Waals surface area contributed by atoms with E-state index in [1.807, 2.05) is 6.07 Å². The summed E-state index contributed by atoms with van der Waals surface area (Å²) in [6.07, 6.45) is 0.274. The van der Waals surface area contributed by atoms with Gasteiger partial charge < -0.3 is 0 Å². The lowest BCUT2D eigenvalue weighted by molar-refractivity contribution is -0.142. The van der Waals surface area contributed by atoms with Gasteiger partial charge in [-0.15, -0.1) is 0 Å². The Kier molecular flexibility index (Phi) is 3.13. The third kappa shape index (κ3) is 1.87. The monoisotopic (exact) mass is 193 g/mol. The summed E-state index contributed by atoms with van der Waals surface area (Å²) >= 11 is 0. The minimum Gasteiger partial charge on any atom is -0.298 e. The van der Waals surface area contributed by atoms with E-state index in [4.69, 9.17) is 5.26 Å². The molecule has 1 fully saturated rings. The van der Waals surface area contributed by atoms with Crippen LogP contribution in [-0.2, 0) is 14.4 Å². The second-order valence-corrected chi connectivity index (χ2v) is 3.42. The van der Waals surface area contributed by atoms with Gasteiger partial charge in [-0.05, 0) is 0 Å². The van der Waals surface area contributed by atoms with Crippen molar-refractivity contribution in [3.05, 3.63) is 0 Å². The number of Topliss-reactive ketones (excluding diaryl/α,β-unsaturated/α-hetero) is 3. The number of carbonyl (C=O) groups excluding carboxylic acids is 3. The normalized spacial score (nSPS) is 27.1. The first-order chi connectivity index (χ1) is 6.60. The highest BCUT2D eigenvalue weighted by Crippen LogP contribution is 2.23. The second kappa shape index (κ2) is 4.14. The Morgan fingerprint density at radius 1 is 1.43 bits per heavy atom. The van der Waals surface area contributed by atoms with Crippen LogP contribution < -0.4 is 0 Å². The molecule has 1 saturated carbocycles. The topological polar surface area (TPSA) is 75.0 Å². The van der Waals surface area contributed by atoms with E-state index in [0.717, 1.165) is 0 Å². The molecule has 0 aromatic carbocycles. The molecule has 0 N–H and O–H groups in total. The Hall–Kier alpha value is -1.50. The molecule has 1 rings (SSSR count). The summed E-state index contributed by atoms with van der Waals surface area (Å²) in [6.45, 7) is 1.62. The molecule has 0 radical (unpaired) electrons. The molecule has 0 spiro atoms. The van der Waals surface area contributed by atoms with Gasteiger partial charge in [0.25, 0.3) is 0 Å². The number of nitriles is 1. The number of hydrogen-bond donors (Lipinski definition) is 0. The molecule has 0 amide bonds. The second-order valence-electron chi connectivity index (χ2n) is 3.42. The number of ketones is 3. The SMILES string of the molecule is CCC(=O)C1C(=O)CC(C#N)CC1=O. The van der Waals surface area contributed by atoms with Gasteiger partial charge in [-0.3, -0.25) is 14.4 Å². The highest BCUT2D eigenvalue weighted by molar-refractivity contribution is 6.20. The van der Waals surface area contributed by atoms with Crippen LogP contribution in [0.25, 0.3) is 0 Å². The van der Waals surface area contributed by atoms with Crippen molar-refractivity contribution in [1.29, 1.82) is 5.26 Å². The van der Waals surface area contributed by atoms with Crippen LogP contribution in [-0.4, -0.2) is 17.3 Å². The Bertz CT molecular complexity index is 309. The summed E-state index contributed by atoms with van der Waals surface area (Å²) < 4.78 is 0. The van der Waals surface area contributed by atoms with Gasteiger partial charge in [0.15, 0.2) is 17.3 Å². The van der Waals surface area contributed by atoms with E-state index in [2.05, 4.69) is 0 Å². The number of carbonyl (C=O) groups is 3. The highest BCUT2D eigenvalue weighted by Gasteiger charge is 2.38. The Morgan fingerprint density at radius 2 is 1.93 bits per heavy atom. The predicted octanol–water partition coefficient (Wildman–Crippen LogP) is 0.653. The zero-order valence-corrected chi connectivity index (χ0v) is 7.95. The molecule has 4 heteroatoms. The zero-order chi connectivity index (χ0) is 10.7. The maximum absolute atomic E-state index is 11.4. The summed E-state index contributed by atoms with van der Waals surface area (Å²) in [5.41, 5.74) is 0. The van der Waals surface area contributed by atoms with Crippen molar-refractivity contribution in [3.8, 4) is 6.07 Å². The molecule has 14 heavy (non-hydrogen) atoms. The van der Waals surface area contributed by atoms with Gasteiger partial charge in [0.05, 0.1) is 12.0 Å². The van der Waals surface area contributed by atoms with Crippen molar-refractivity contribution >= 4 is 17.3 Å². The molecule has 0 saturated heterocycles. The molecule has 0 heterocycles. The standard InChI is InChI=1S/C10H11NO3/c1-2-7(12)10-8(13)3-6(5-11)4-9(10)14/h6,10H,2-4H2,1H3. The number of hydrogen-bond acceptors (Lipinski definition) is 4. The molecule has 0 aliphatic heterocycles. The van der Waals surface area contributed by atoms with Crippen LogP contribution in [0.5, 0.6) is 0 Å². The minimum absolute atomic E-state index is 0.0403. The van der Waals surface area contributed by atoms with Crippen LogP contribution in [0.15, 0.2) is 0 Å². The predicted molar refractivity (Wildman–Crippen MR) is 47.1 cm³/mol. The third-order valence-electron chi connectivity index (χ3n) is 2.39. The van der Waals surface area contributed by atoms with E-state index in [-0.39, 0.29) is 36.6 Å². The molecule has 0 bridgehead atoms. The fraction of sp³-hybridized carbons (Fsp3) is 0.600. The summed E-state index contributed by atoms with van der Waals surface area (Å²) in [7, 11) is 0. The summed E-state index contributed by atoms with van der Waals surface area (Å²) in [4.78, 5) is 34.0. The molecule has 1 aliphatic rings. The van der Waals surface area contributed by atoms with Gasteiger partial charge >= 0.3 is 0 Å². The maximum atomic E-state index is 11.4. The van der Waals surface area contributed by atoms with Crippen LogP contribution in [0.4, 0.5) is 0 Å². The van der Waals surface area contributed by atoms with Crippen LogP contribution >= 0.6 is 0 Å². The van der Waals surface area contributed by atoms with Crippen molar-refractivity contribution in [3.63, 3.8) is 0 Å². The summed E-state index contributed by atoms with van der Waals surface area (Å²) in [6, 6.07) is 1.89. The Labute approximate surface area is 81.9 Å². The van der Waals surface area contributed by atoms with E-state index < -0.39 is 11.8 Å². The summed E-state index contributed by atoms with van der Waals surface area (Å²) in [5.74, 6) is -2.71. The van der Waals surface area contributed by atoms with Crippen molar-refractivity contribution < 1.29 is 14.4 Å². The highest BCUT2D eigenvalue weighted by atomic mass is 16.2. The third-order valence-corrected chi connectivity index (χ3v) is 2.39. The molecule has 0 aromatic heterocycles. The quantitative estimate of drug-likeness (QED) is 0.603. The van der Waals surface area contributed by atoms with Crippen LogP contribution in [0.3, 0.4) is 0 Å². The molecule has 74 valence electrons. The number of nitrogens with zero attached hydrogens (tertiary/aromatic N) is 1. The Balaban J connectivity index is 2.82. The van der Waals surface area contributed by atoms with Crippen LogP contribution in [0, 0.1) is 23.2 Å². The Morgan fingerprint density at radius 3 is 2.29 bits per heavy atom. The van der Waals surface area contributed by atoms with Crippen molar-refractivity contribution in [2.45, 2.75) is 26.2 Å². The lowest BCUT2D eigenvalue weighted by atomic mass is 9.78. The molecular weight excluding hydrogens is 182 g/mol. The molecule has 0 unspecified atom stereocenters. The van der Waals surface area contributed by atoms with Crippen molar-refractivity contribution in [2.24, 2.45) is 11.8 Å². The first-order valence-electron chi connectivity index (χ1n) is 4.57. The van der Waals surface area contributed by atoms with Crippen molar-refractivity contribution in [2.75, 3.05) is 0 Å². The average Bonchev–Trinajstić information content (AvgIpc) is 2.16. The van der Waals surface area contributed by atoms with E-state index in [9.17, 15) is 14.4 Å². The van der Waals surface area contributed by atoms with Crippen LogP contribution in [0.2, 0.25) is 0 Å². The largest absolute Gasteiger partial charge is 0.298 e. The van der Waals surface area contributed by atoms with E-state index in [1.54, 1.807) is 6.92 Å². The fourth-order valence-corrected chi connectivity index (χ4v) is 1.63. The molecule has 0 atom stereocenters. The van der Waals surface area contributed by atoms with Gasteiger partial charge in [-0.1, -0.05) is 6.92 Å². The van der Waals surface area contributed by atoms with Gasteiger partial charge in [0, 0.05) is 19.3 Å². The molecule has 4 nitrogen and oxygen atoms in total. The van der Waals surface area contributed by atoms with Gasteiger partial charge in [-0.2, -0.15) is 5.26 Å². The molecule has 1 aliphatic carbocycles. The number of rotatable bonds is 2. The van der Waals surface area contributed by atoms with Crippen molar-refractivity contribution in [1.82, 2.24) is 0 Å². The van der Waals surface area contributed by atoms with Crippen LogP contribution in [0.1, 0.15) is 26.2 Å². The zero-order valence-electron chi connectivity index (χ0n) is 7.95. The van der Waals surface area contributed by atoms with E-state index in [0.29, 0.717) is 0 Å². The first kappa shape index (κ1) is 10.6. The minimum atomic E-state index is -1.08. The maximum Gasteiger partial charge on any atom is 0.152 e. The lowest BCUT2D eigenvalue weighted by Gasteiger charge is -2.20. The van der Waals surface area contributed by atoms with E-state index in [1.165, 1.54) is 0 Å². The fourth-order valence-electron chi connectivity index (χ4n) is 1.63. The summed E-state index contributed by atoms with van der Waals surface area (Å²) in [5, 5.41) is 8.57. The first-order valence-corrected chi connectivity index (χ1v) is 4.57. The lowest BCUT2D eigenvalue weighted by Crippen LogP contribution is -2.38. The van der Waals surface area contributed by atoms with Gasteiger partial charge in [-0.25, -0.2) is 0 Å². The smallest absolute Gasteiger partial charge is 0.152 e. The van der Waals surface area contributed by atoms with E-state index >= 15 is 0 Å².